The molecule has 0 spiro atoms. The van der Waals surface area contributed by atoms with Crippen molar-refractivity contribution in [3.63, 3.8) is 0 Å². The number of hydrogen-bond acceptors (Lipinski definition) is 3. The molecule has 0 saturated heterocycles. The lowest BCUT2D eigenvalue weighted by Crippen LogP contribution is -2.06. The number of nitrogens with one attached hydrogen (secondary N) is 1. The third-order valence-electron chi connectivity index (χ3n) is 0.930. The van der Waals surface area contributed by atoms with Crippen molar-refractivity contribution in [3.8, 4) is 0 Å². The second-order valence-electron chi connectivity index (χ2n) is 1.59. The summed E-state index contributed by atoms with van der Waals surface area (Å²) < 4.78 is 0. The summed E-state index contributed by atoms with van der Waals surface area (Å²) in [5.74, 6) is 0. The minimum absolute atomic E-state index is 0.0258. The summed E-state index contributed by atoms with van der Waals surface area (Å²) in [7, 11) is 0. The number of aromatic nitrogens is 2. The minimum Gasteiger partial charge on any atom is -0.266 e. The van der Waals surface area contributed by atoms with Crippen LogP contribution in [0.25, 0.3) is 10.4 Å². The van der Waals surface area contributed by atoms with Gasteiger partial charge in [0.15, 0.2) is 0 Å². The Morgan fingerprint density at radius 1 is 1.82 bits per heavy atom. The van der Waals surface area contributed by atoms with E-state index in [1.165, 1.54) is 6.20 Å². The van der Waals surface area contributed by atoms with E-state index in [-0.39, 0.29) is 10.7 Å². The van der Waals surface area contributed by atoms with E-state index in [9.17, 15) is 4.79 Å². The lowest BCUT2D eigenvalue weighted by atomic mass is 10.5. The Balaban J connectivity index is 3.38. The standard InChI is InChI=1S/C4H2ClN5O/c5-3-2(8-10-6)1-7-9-4(3)11/h1H,(H,9,11). The third kappa shape index (κ3) is 1.49. The van der Waals surface area contributed by atoms with Crippen LogP contribution in [-0.4, -0.2) is 10.2 Å². The molecule has 1 aromatic rings. The van der Waals surface area contributed by atoms with Crippen LogP contribution in [-0.2, 0) is 0 Å². The molecule has 6 nitrogen and oxygen atoms in total. The molecule has 0 atom stereocenters. The van der Waals surface area contributed by atoms with Gasteiger partial charge in [-0.15, -0.1) is 0 Å². The first-order valence-corrected chi connectivity index (χ1v) is 2.92. The van der Waals surface area contributed by atoms with E-state index in [4.69, 9.17) is 17.1 Å². The van der Waals surface area contributed by atoms with Crippen LogP contribution in [0.4, 0.5) is 5.69 Å². The Labute approximate surface area is 65.4 Å². The lowest BCUT2D eigenvalue weighted by Gasteiger charge is -1.90. The molecule has 11 heavy (non-hydrogen) atoms. The first-order valence-electron chi connectivity index (χ1n) is 2.54. The van der Waals surface area contributed by atoms with Crippen molar-refractivity contribution >= 4 is 17.3 Å². The van der Waals surface area contributed by atoms with E-state index >= 15 is 0 Å². The fourth-order valence-corrected chi connectivity index (χ4v) is 0.621. The second-order valence-corrected chi connectivity index (χ2v) is 1.97. The monoisotopic (exact) mass is 171 g/mol. The van der Waals surface area contributed by atoms with Crippen LogP contribution in [0, 0.1) is 0 Å². The molecule has 0 bridgehead atoms. The van der Waals surface area contributed by atoms with Gasteiger partial charge in [-0.1, -0.05) is 16.7 Å². The Hall–Kier alpha value is -1.52. The highest BCUT2D eigenvalue weighted by atomic mass is 35.5. The molecule has 1 N–H and O–H groups in total. The van der Waals surface area contributed by atoms with Gasteiger partial charge in [-0.25, -0.2) is 5.10 Å². The predicted molar refractivity (Wildman–Crippen MR) is 38.7 cm³/mol. The molecule has 0 aliphatic carbocycles. The maximum Gasteiger partial charge on any atom is 0.283 e. The van der Waals surface area contributed by atoms with Gasteiger partial charge in [-0.2, -0.15) is 5.10 Å². The molecule has 1 rings (SSSR count). The maximum atomic E-state index is 10.7. The average Bonchev–Trinajstić information content (AvgIpc) is 1.99. The number of aromatic amines is 1. The van der Waals surface area contributed by atoms with Crippen molar-refractivity contribution in [2.75, 3.05) is 0 Å². The zero-order valence-electron chi connectivity index (χ0n) is 5.15. The Bertz CT molecular complexity index is 365. The van der Waals surface area contributed by atoms with Crippen LogP contribution >= 0.6 is 11.6 Å². The summed E-state index contributed by atoms with van der Waals surface area (Å²) in [5.41, 5.74) is 7.45. The number of hydrogen-bond donors (Lipinski definition) is 1. The van der Waals surface area contributed by atoms with Crippen LogP contribution in [0.15, 0.2) is 16.1 Å². The van der Waals surface area contributed by atoms with E-state index in [1.807, 2.05) is 0 Å². The predicted octanol–water partition coefficient (Wildman–Crippen LogP) is 1.37. The van der Waals surface area contributed by atoms with Crippen molar-refractivity contribution < 1.29 is 0 Å². The molecule has 0 aliphatic heterocycles. The number of H-pyrrole nitrogens is 1. The summed E-state index contributed by atoms with van der Waals surface area (Å²) in [6.45, 7) is 0. The van der Waals surface area contributed by atoms with Crippen molar-refractivity contribution in [2.45, 2.75) is 0 Å². The Morgan fingerprint density at radius 3 is 3.18 bits per heavy atom. The van der Waals surface area contributed by atoms with Crippen LogP contribution in [0.3, 0.4) is 0 Å². The quantitative estimate of drug-likeness (QED) is 0.392. The molecule has 0 radical (unpaired) electrons. The van der Waals surface area contributed by atoms with Gasteiger partial charge in [0.2, 0.25) is 0 Å². The average molecular weight is 172 g/mol. The molecule has 56 valence electrons. The second kappa shape index (κ2) is 3.05. The van der Waals surface area contributed by atoms with Gasteiger partial charge in [0, 0.05) is 4.91 Å². The zero-order valence-corrected chi connectivity index (χ0v) is 5.91. The summed E-state index contributed by atoms with van der Waals surface area (Å²) >= 11 is 5.42. The third-order valence-corrected chi connectivity index (χ3v) is 1.29. The van der Waals surface area contributed by atoms with Gasteiger partial charge < -0.3 is 0 Å². The fraction of sp³-hybridized carbons (Fsp3) is 0. The van der Waals surface area contributed by atoms with Crippen molar-refractivity contribution in [1.29, 1.82) is 0 Å². The van der Waals surface area contributed by atoms with Gasteiger partial charge in [0.05, 0.1) is 11.9 Å². The Kier molecular flexibility index (Phi) is 2.10. The highest BCUT2D eigenvalue weighted by molar-refractivity contribution is 6.32. The van der Waals surface area contributed by atoms with Crippen molar-refractivity contribution in [2.24, 2.45) is 5.11 Å². The van der Waals surface area contributed by atoms with E-state index < -0.39 is 5.56 Å². The molecule has 1 aromatic heterocycles. The number of rotatable bonds is 1. The van der Waals surface area contributed by atoms with E-state index in [0.717, 1.165) is 0 Å². The largest absolute Gasteiger partial charge is 0.283 e. The number of azide groups is 1. The molecule has 7 heteroatoms. The highest BCUT2D eigenvalue weighted by Crippen LogP contribution is 2.17. The molecular formula is C4H2ClN5O. The molecule has 0 fully saturated rings. The van der Waals surface area contributed by atoms with E-state index in [2.05, 4.69) is 20.2 Å². The lowest BCUT2D eigenvalue weighted by molar-refractivity contribution is 0.986. The van der Waals surface area contributed by atoms with Crippen LogP contribution in [0.5, 0.6) is 0 Å². The Morgan fingerprint density at radius 2 is 2.55 bits per heavy atom. The smallest absolute Gasteiger partial charge is 0.266 e. The summed E-state index contributed by atoms with van der Waals surface area (Å²) in [6, 6.07) is 0. The van der Waals surface area contributed by atoms with Gasteiger partial charge in [0.1, 0.15) is 5.02 Å². The van der Waals surface area contributed by atoms with Crippen LogP contribution < -0.4 is 5.56 Å². The van der Waals surface area contributed by atoms with Crippen LogP contribution in [0.2, 0.25) is 5.02 Å². The highest BCUT2D eigenvalue weighted by Gasteiger charge is 2.00. The van der Waals surface area contributed by atoms with Gasteiger partial charge in [-0.3, -0.25) is 4.79 Å². The van der Waals surface area contributed by atoms with Crippen molar-refractivity contribution in [1.82, 2.24) is 10.2 Å². The van der Waals surface area contributed by atoms with E-state index in [0.29, 0.717) is 0 Å². The summed E-state index contributed by atoms with van der Waals surface area (Å²) in [4.78, 5) is 13.1. The summed E-state index contributed by atoms with van der Waals surface area (Å²) in [5, 5.41) is 8.43. The fourth-order valence-electron chi connectivity index (χ4n) is 0.492. The number of nitrogens with zero attached hydrogens (tertiary/aromatic N) is 4. The van der Waals surface area contributed by atoms with Crippen LogP contribution in [0.1, 0.15) is 0 Å². The first-order chi connectivity index (χ1) is 5.25. The maximum absolute atomic E-state index is 10.7. The topological polar surface area (TPSA) is 94.5 Å². The van der Waals surface area contributed by atoms with Crippen molar-refractivity contribution in [3.05, 3.63) is 32.0 Å². The number of halogens is 1. The molecular weight excluding hydrogens is 170 g/mol. The van der Waals surface area contributed by atoms with Gasteiger partial charge in [0.25, 0.3) is 5.56 Å². The molecule has 0 aromatic carbocycles. The molecule has 1 heterocycles. The molecule has 0 amide bonds. The van der Waals surface area contributed by atoms with E-state index in [1.54, 1.807) is 0 Å². The zero-order chi connectivity index (χ0) is 8.27. The molecule has 0 saturated carbocycles. The molecule has 0 unspecified atom stereocenters. The van der Waals surface area contributed by atoms with Gasteiger partial charge in [-0.05, 0) is 5.53 Å². The molecule has 0 aliphatic rings. The minimum atomic E-state index is -0.573. The first kappa shape index (κ1) is 7.59. The normalized spacial score (nSPS) is 8.82. The van der Waals surface area contributed by atoms with Gasteiger partial charge >= 0.3 is 0 Å². The SMILES string of the molecule is [N-]=[N+]=Nc1cn[nH]c(=O)c1Cl. The summed E-state index contributed by atoms with van der Waals surface area (Å²) in [6.07, 6.45) is 1.17.